The quantitative estimate of drug-likeness (QED) is 0.341. The van der Waals surface area contributed by atoms with Crippen molar-refractivity contribution in [3.63, 3.8) is 0 Å². The first-order valence-electron chi connectivity index (χ1n) is 6.76. The summed E-state index contributed by atoms with van der Waals surface area (Å²) in [7, 11) is -8.94. The van der Waals surface area contributed by atoms with Crippen LogP contribution in [0.15, 0.2) is 76.5 Å². The molecule has 0 aromatic heterocycles. The van der Waals surface area contributed by atoms with Gasteiger partial charge in [-0.05, 0) is 29.0 Å². The van der Waals surface area contributed by atoms with E-state index >= 15 is 0 Å². The van der Waals surface area contributed by atoms with Crippen LogP contribution >= 0.6 is 0 Å². The molecule has 0 N–H and O–H groups in total. The van der Waals surface area contributed by atoms with Crippen LogP contribution in [0.5, 0.6) is 5.75 Å². The molecular weight excluding hydrogens is 375 g/mol. The second kappa shape index (κ2) is 7.45. The maximum atomic E-state index is 12.2. The normalized spacial score (nSPS) is 11.7. The molecule has 0 unspecified atom stereocenters. The van der Waals surface area contributed by atoms with Crippen molar-refractivity contribution in [2.24, 2.45) is 0 Å². The maximum Gasteiger partial charge on any atom is 1.00 e. The molecule has 0 fully saturated rings. The molecule has 3 rings (SSSR count). The third-order valence-corrected chi connectivity index (χ3v) is 5.44. The molecule has 0 aliphatic heterocycles. The molecule has 6 nitrogen and oxygen atoms in total. The van der Waals surface area contributed by atoms with E-state index in [1.54, 1.807) is 24.3 Å². The molecule has 0 saturated carbocycles. The van der Waals surface area contributed by atoms with Gasteiger partial charge in [-0.3, -0.25) is 0 Å². The summed E-state index contributed by atoms with van der Waals surface area (Å²) in [6, 6.07) is 15.9. The summed E-state index contributed by atoms with van der Waals surface area (Å²) in [4.78, 5) is -0.608. The van der Waals surface area contributed by atoms with Gasteiger partial charge < -0.3 is 8.74 Å². The minimum atomic E-state index is -4.80. The molecular formula is C16H11NaO6S2. The van der Waals surface area contributed by atoms with Crippen LogP contribution in [0.3, 0.4) is 0 Å². The first-order valence-corrected chi connectivity index (χ1v) is 9.57. The number of hydrogen-bond donors (Lipinski definition) is 0. The fraction of sp³-hybridized carbons (Fsp3) is 0. The van der Waals surface area contributed by atoms with Gasteiger partial charge in [0, 0.05) is 6.07 Å². The predicted molar refractivity (Wildman–Crippen MR) is 86.2 cm³/mol. The van der Waals surface area contributed by atoms with E-state index in [1.807, 2.05) is 0 Å². The number of rotatable bonds is 4. The van der Waals surface area contributed by atoms with E-state index in [4.69, 9.17) is 4.18 Å². The van der Waals surface area contributed by atoms with Crippen molar-refractivity contribution < 1.29 is 55.1 Å². The Kier molecular flexibility index (Phi) is 5.93. The van der Waals surface area contributed by atoms with E-state index in [1.165, 1.54) is 36.4 Å². The first-order chi connectivity index (χ1) is 11.3. The first kappa shape index (κ1) is 19.9. The van der Waals surface area contributed by atoms with E-state index in [-0.39, 0.29) is 45.6 Å². The van der Waals surface area contributed by atoms with Gasteiger partial charge in [0.2, 0.25) is 0 Å². The van der Waals surface area contributed by atoms with Gasteiger partial charge in [0.15, 0.2) is 0 Å². The molecule has 0 spiro atoms. The Morgan fingerprint density at radius 3 is 2.04 bits per heavy atom. The zero-order valence-corrected chi connectivity index (χ0v) is 16.7. The molecule has 0 aliphatic carbocycles. The van der Waals surface area contributed by atoms with Crippen molar-refractivity contribution in [3.05, 3.63) is 66.7 Å². The molecule has 25 heavy (non-hydrogen) atoms. The summed E-state index contributed by atoms with van der Waals surface area (Å²) < 4.78 is 63.9. The fourth-order valence-corrected chi connectivity index (χ4v) is 3.92. The predicted octanol–water partition coefficient (Wildman–Crippen LogP) is -0.484. The summed E-state index contributed by atoms with van der Waals surface area (Å²) in [5, 5.41) is 0.588. The third kappa shape index (κ3) is 4.41. The number of hydrogen-bond acceptors (Lipinski definition) is 6. The molecule has 3 aromatic rings. The smallest absolute Gasteiger partial charge is 0.744 e. The van der Waals surface area contributed by atoms with Crippen LogP contribution in [0.25, 0.3) is 10.8 Å². The number of fused-ring (bicyclic) bond motifs is 1. The van der Waals surface area contributed by atoms with Crippen molar-refractivity contribution in [2.75, 3.05) is 0 Å². The molecule has 0 bridgehead atoms. The van der Waals surface area contributed by atoms with E-state index in [9.17, 15) is 21.4 Å². The Hall–Kier alpha value is -1.42. The molecule has 0 atom stereocenters. The minimum Gasteiger partial charge on any atom is -0.744 e. The Balaban J connectivity index is 0.00000225. The van der Waals surface area contributed by atoms with E-state index in [0.29, 0.717) is 5.39 Å². The van der Waals surface area contributed by atoms with Gasteiger partial charge in [-0.25, -0.2) is 8.42 Å². The second-order valence-corrected chi connectivity index (χ2v) is 7.84. The van der Waals surface area contributed by atoms with Gasteiger partial charge in [-0.1, -0.05) is 42.5 Å². The van der Waals surface area contributed by atoms with Gasteiger partial charge in [0.05, 0.1) is 4.90 Å². The van der Waals surface area contributed by atoms with Crippen molar-refractivity contribution in [1.82, 2.24) is 0 Å². The van der Waals surface area contributed by atoms with Gasteiger partial charge >= 0.3 is 39.7 Å². The molecule has 0 saturated heterocycles. The molecule has 9 heteroatoms. The molecule has 0 amide bonds. The second-order valence-electron chi connectivity index (χ2n) is 4.95. The van der Waals surface area contributed by atoms with Gasteiger partial charge in [0.1, 0.15) is 20.8 Å². The Bertz CT molecular complexity index is 1110. The van der Waals surface area contributed by atoms with Crippen molar-refractivity contribution in [2.45, 2.75) is 9.79 Å². The van der Waals surface area contributed by atoms with E-state index in [0.717, 1.165) is 6.07 Å². The van der Waals surface area contributed by atoms with Crippen molar-refractivity contribution >= 4 is 31.0 Å². The molecule has 0 radical (unpaired) electrons. The number of benzene rings is 3. The zero-order valence-electron chi connectivity index (χ0n) is 13.1. The molecule has 0 heterocycles. The van der Waals surface area contributed by atoms with Gasteiger partial charge in [-0.2, -0.15) is 8.42 Å². The minimum absolute atomic E-state index is 0. The SMILES string of the molecule is O=S(=O)([O-])c1cc(OS(=O)(=O)c2ccccc2)cc2ccccc12.[Na+]. The average Bonchev–Trinajstić information content (AvgIpc) is 2.54. The van der Waals surface area contributed by atoms with E-state index in [2.05, 4.69) is 0 Å². The fourth-order valence-electron chi connectivity index (χ4n) is 2.27. The van der Waals surface area contributed by atoms with Gasteiger partial charge in [-0.15, -0.1) is 0 Å². The third-order valence-electron chi connectivity index (χ3n) is 3.30. The molecule has 3 aromatic carbocycles. The van der Waals surface area contributed by atoms with Crippen molar-refractivity contribution in [3.8, 4) is 5.75 Å². The average molecular weight is 386 g/mol. The van der Waals surface area contributed by atoms with Crippen molar-refractivity contribution in [1.29, 1.82) is 0 Å². The van der Waals surface area contributed by atoms with Crippen LogP contribution in [-0.4, -0.2) is 21.4 Å². The Morgan fingerprint density at radius 2 is 1.40 bits per heavy atom. The van der Waals surface area contributed by atoms with Crippen LogP contribution in [0.1, 0.15) is 0 Å². The monoisotopic (exact) mass is 386 g/mol. The topological polar surface area (TPSA) is 101 Å². The Morgan fingerprint density at radius 1 is 0.800 bits per heavy atom. The van der Waals surface area contributed by atoms with Crippen LogP contribution in [0.4, 0.5) is 0 Å². The largest absolute Gasteiger partial charge is 1.00 e. The summed E-state index contributed by atoms with van der Waals surface area (Å²) >= 11 is 0. The Labute approximate surface area is 167 Å². The summed E-state index contributed by atoms with van der Waals surface area (Å²) in [5.74, 6) is -0.244. The summed E-state index contributed by atoms with van der Waals surface area (Å²) in [5.41, 5.74) is 0. The van der Waals surface area contributed by atoms with Crippen LogP contribution < -0.4 is 33.7 Å². The van der Waals surface area contributed by atoms with Gasteiger partial charge in [0.25, 0.3) is 0 Å². The van der Waals surface area contributed by atoms with E-state index < -0.39 is 25.1 Å². The van der Waals surface area contributed by atoms with Crippen LogP contribution in [-0.2, 0) is 20.2 Å². The molecule has 124 valence electrons. The standard InChI is InChI=1S/C16H12O6S2.Na/c17-23(18,19)16-11-13(10-12-6-4-5-9-15(12)16)22-24(20,21)14-7-2-1-3-8-14;/h1-11H,(H,17,18,19);/q;+1/p-1. The summed E-state index contributed by atoms with van der Waals surface area (Å²) in [6.07, 6.45) is 0. The molecule has 0 aliphatic rings. The zero-order chi connectivity index (χ0) is 17.4. The maximum absolute atomic E-state index is 12.2. The summed E-state index contributed by atoms with van der Waals surface area (Å²) in [6.45, 7) is 0. The van der Waals surface area contributed by atoms with Crippen LogP contribution in [0.2, 0.25) is 0 Å². The van der Waals surface area contributed by atoms with Crippen LogP contribution in [0, 0.1) is 0 Å².